The van der Waals surface area contributed by atoms with Crippen LogP contribution in [0.5, 0.6) is 0 Å². The topological polar surface area (TPSA) is 53.4 Å². The fourth-order valence-corrected chi connectivity index (χ4v) is 3.27. The fourth-order valence-electron chi connectivity index (χ4n) is 3.27. The lowest BCUT2D eigenvalue weighted by Gasteiger charge is -2.30. The van der Waals surface area contributed by atoms with Gasteiger partial charge in [0.15, 0.2) is 5.69 Å². The van der Waals surface area contributed by atoms with Crippen molar-refractivity contribution in [3.8, 4) is 5.69 Å². The zero-order valence-corrected chi connectivity index (χ0v) is 19.2. The fraction of sp³-hybridized carbons (Fsp3) is 0.545. The van der Waals surface area contributed by atoms with E-state index in [-0.39, 0.29) is 23.8 Å². The standard InChI is InChI=1S/C22H32F3N5O/c1-15(2)13-29(20(31)26-21(3,4)5)14-17-18(22(23,24)25)27-30(19(17)28(6)7)16-11-9-8-10-12-16/h8-12,15H,13-14H2,1-7H3,(H,26,31). The number of hydrogen-bond donors (Lipinski definition) is 1. The van der Waals surface area contributed by atoms with E-state index < -0.39 is 23.4 Å². The van der Waals surface area contributed by atoms with Gasteiger partial charge in [0.1, 0.15) is 5.82 Å². The lowest BCUT2D eigenvalue weighted by Crippen LogP contribution is -2.49. The van der Waals surface area contributed by atoms with Crippen LogP contribution in [0.1, 0.15) is 45.9 Å². The zero-order valence-electron chi connectivity index (χ0n) is 19.2. The molecule has 0 aliphatic heterocycles. The number of nitrogens with one attached hydrogen (secondary N) is 1. The maximum atomic E-state index is 14.0. The van der Waals surface area contributed by atoms with E-state index in [2.05, 4.69) is 10.4 Å². The van der Waals surface area contributed by atoms with Gasteiger partial charge < -0.3 is 15.1 Å². The highest BCUT2D eigenvalue weighted by molar-refractivity contribution is 5.75. The molecule has 2 amide bonds. The zero-order chi connectivity index (χ0) is 23.6. The average Bonchev–Trinajstić information content (AvgIpc) is 3.00. The van der Waals surface area contributed by atoms with E-state index in [4.69, 9.17) is 0 Å². The molecule has 0 spiro atoms. The van der Waals surface area contributed by atoms with Gasteiger partial charge in [-0.15, -0.1) is 0 Å². The Balaban J connectivity index is 2.63. The number of carbonyl (C=O) groups excluding carboxylic acids is 1. The number of carbonyl (C=O) groups is 1. The van der Waals surface area contributed by atoms with E-state index in [0.717, 1.165) is 0 Å². The minimum Gasteiger partial charge on any atom is -0.362 e. The molecule has 0 atom stereocenters. The number of aromatic nitrogens is 2. The highest BCUT2D eigenvalue weighted by Crippen LogP contribution is 2.37. The number of halogens is 3. The van der Waals surface area contributed by atoms with Crippen LogP contribution in [-0.4, -0.2) is 46.9 Å². The second kappa shape index (κ2) is 9.20. The van der Waals surface area contributed by atoms with Crippen LogP contribution in [0.25, 0.3) is 5.69 Å². The predicted octanol–water partition coefficient (Wildman–Crippen LogP) is 4.92. The van der Waals surface area contributed by atoms with E-state index in [1.54, 1.807) is 49.3 Å². The SMILES string of the molecule is CC(C)CN(Cc1c(C(F)(F)F)nn(-c2ccccc2)c1N(C)C)C(=O)NC(C)(C)C. The molecular weight excluding hydrogens is 407 g/mol. The van der Waals surface area contributed by atoms with Crippen LogP contribution >= 0.6 is 0 Å². The van der Waals surface area contributed by atoms with Crippen LogP contribution in [0.3, 0.4) is 0 Å². The molecule has 1 heterocycles. The molecule has 0 unspecified atom stereocenters. The van der Waals surface area contributed by atoms with E-state index in [9.17, 15) is 18.0 Å². The lowest BCUT2D eigenvalue weighted by molar-refractivity contribution is -0.142. The third-order valence-corrected chi connectivity index (χ3v) is 4.35. The van der Waals surface area contributed by atoms with Gasteiger partial charge in [-0.25, -0.2) is 9.48 Å². The Kier molecular flexibility index (Phi) is 7.28. The van der Waals surface area contributed by atoms with Gasteiger partial charge in [0.2, 0.25) is 0 Å². The molecule has 0 aliphatic rings. The first-order valence-electron chi connectivity index (χ1n) is 10.2. The van der Waals surface area contributed by atoms with Crippen LogP contribution in [-0.2, 0) is 12.7 Å². The number of amides is 2. The van der Waals surface area contributed by atoms with Crippen molar-refractivity contribution in [3.05, 3.63) is 41.6 Å². The van der Waals surface area contributed by atoms with E-state index >= 15 is 0 Å². The third-order valence-electron chi connectivity index (χ3n) is 4.35. The number of nitrogens with zero attached hydrogens (tertiary/aromatic N) is 4. The summed E-state index contributed by atoms with van der Waals surface area (Å²) in [7, 11) is 3.34. The molecule has 0 bridgehead atoms. The molecule has 0 fully saturated rings. The van der Waals surface area contributed by atoms with Crippen molar-refractivity contribution in [2.24, 2.45) is 5.92 Å². The number of urea groups is 1. The summed E-state index contributed by atoms with van der Waals surface area (Å²) in [5, 5.41) is 6.79. The van der Waals surface area contributed by atoms with Gasteiger partial charge in [-0.3, -0.25) is 0 Å². The van der Waals surface area contributed by atoms with Crippen molar-refractivity contribution in [1.29, 1.82) is 0 Å². The molecule has 0 saturated heterocycles. The Labute approximate surface area is 182 Å². The quantitative estimate of drug-likeness (QED) is 0.695. The molecule has 0 saturated carbocycles. The van der Waals surface area contributed by atoms with Crippen molar-refractivity contribution >= 4 is 11.8 Å². The van der Waals surface area contributed by atoms with Crippen LogP contribution in [0.15, 0.2) is 30.3 Å². The molecule has 6 nitrogen and oxygen atoms in total. The van der Waals surface area contributed by atoms with Gasteiger partial charge in [0, 0.05) is 31.7 Å². The van der Waals surface area contributed by atoms with Crippen LogP contribution in [0.4, 0.5) is 23.8 Å². The molecule has 9 heteroatoms. The molecule has 31 heavy (non-hydrogen) atoms. The summed E-state index contributed by atoms with van der Waals surface area (Å²) in [4.78, 5) is 15.9. The highest BCUT2D eigenvalue weighted by atomic mass is 19.4. The number of para-hydroxylation sites is 1. The van der Waals surface area contributed by atoms with Gasteiger partial charge >= 0.3 is 12.2 Å². The van der Waals surface area contributed by atoms with Gasteiger partial charge in [0.05, 0.1) is 12.2 Å². The largest absolute Gasteiger partial charge is 0.435 e. The molecule has 0 aliphatic carbocycles. The van der Waals surface area contributed by atoms with Crippen molar-refractivity contribution < 1.29 is 18.0 Å². The Hall–Kier alpha value is -2.71. The van der Waals surface area contributed by atoms with Gasteiger partial charge in [-0.1, -0.05) is 32.0 Å². The molecule has 2 aromatic rings. The monoisotopic (exact) mass is 439 g/mol. The summed E-state index contributed by atoms with van der Waals surface area (Å²) < 4.78 is 43.3. The van der Waals surface area contributed by atoms with Crippen molar-refractivity contribution in [3.63, 3.8) is 0 Å². The summed E-state index contributed by atoms with van der Waals surface area (Å²) in [6.45, 7) is 9.43. The minimum atomic E-state index is -4.66. The number of hydrogen-bond acceptors (Lipinski definition) is 3. The Morgan fingerprint density at radius 3 is 2.16 bits per heavy atom. The first kappa shape index (κ1) is 24.6. The second-order valence-electron chi connectivity index (χ2n) is 9.24. The van der Waals surface area contributed by atoms with Crippen LogP contribution in [0, 0.1) is 5.92 Å². The third kappa shape index (κ3) is 6.38. The van der Waals surface area contributed by atoms with Crippen LogP contribution in [0.2, 0.25) is 0 Å². The number of alkyl halides is 3. The summed E-state index contributed by atoms with van der Waals surface area (Å²) in [6, 6.07) is 8.25. The lowest BCUT2D eigenvalue weighted by atomic mass is 10.1. The Morgan fingerprint density at radius 2 is 1.71 bits per heavy atom. The Morgan fingerprint density at radius 1 is 1.13 bits per heavy atom. The van der Waals surface area contributed by atoms with Crippen molar-refractivity contribution in [1.82, 2.24) is 20.0 Å². The van der Waals surface area contributed by atoms with Crippen molar-refractivity contribution in [2.75, 3.05) is 25.5 Å². The maximum Gasteiger partial charge on any atom is 0.435 e. The molecule has 0 radical (unpaired) electrons. The van der Waals surface area contributed by atoms with E-state index in [1.165, 1.54) is 9.58 Å². The minimum absolute atomic E-state index is 0.0361. The van der Waals surface area contributed by atoms with E-state index in [0.29, 0.717) is 12.2 Å². The maximum absolute atomic E-state index is 14.0. The second-order valence-corrected chi connectivity index (χ2v) is 9.24. The van der Waals surface area contributed by atoms with E-state index in [1.807, 2.05) is 34.6 Å². The molecule has 172 valence electrons. The van der Waals surface area contributed by atoms with Gasteiger partial charge in [0.25, 0.3) is 0 Å². The first-order chi connectivity index (χ1) is 14.2. The smallest absolute Gasteiger partial charge is 0.362 e. The van der Waals surface area contributed by atoms with Crippen LogP contribution < -0.4 is 10.2 Å². The summed E-state index contributed by atoms with van der Waals surface area (Å²) in [6.07, 6.45) is -4.66. The normalized spacial score (nSPS) is 12.2. The predicted molar refractivity (Wildman–Crippen MR) is 116 cm³/mol. The molecule has 1 N–H and O–H groups in total. The number of anilines is 1. The summed E-state index contributed by atoms with van der Waals surface area (Å²) in [5.41, 5.74) is -1.03. The molecular formula is C22H32F3N5O. The number of benzene rings is 1. The molecule has 1 aromatic heterocycles. The summed E-state index contributed by atoms with van der Waals surface area (Å²) in [5.74, 6) is 0.364. The van der Waals surface area contributed by atoms with Crippen molar-refractivity contribution in [2.45, 2.75) is 52.9 Å². The van der Waals surface area contributed by atoms with Gasteiger partial charge in [-0.05, 0) is 38.8 Å². The number of rotatable bonds is 6. The molecule has 2 rings (SSSR count). The molecule has 1 aromatic carbocycles. The first-order valence-corrected chi connectivity index (χ1v) is 10.2. The summed E-state index contributed by atoms with van der Waals surface area (Å²) >= 11 is 0. The average molecular weight is 440 g/mol. The Bertz CT molecular complexity index is 883. The van der Waals surface area contributed by atoms with Gasteiger partial charge in [-0.2, -0.15) is 18.3 Å². The highest BCUT2D eigenvalue weighted by Gasteiger charge is 2.41.